The van der Waals surface area contributed by atoms with E-state index in [0.717, 1.165) is 0 Å². The van der Waals surface area contributed by atoms with Gasteiger partial charge in [0.2, 0.25) is 0 Å². The van der Waals surface area contributed by atoms with Crippen molar-refractivity contribution in [2.45, 2.75) is 17.9 Å². The number of hydrogen-bond donors (Lipinski definition) is 1. The van der Waals surface area contributed by atoms with Crippen LogP contribution < -0.4 is 15.2 Å². The molecule has 1 unspecified atom stereocenters. The fourth-order valence-electron chi connectivity index (χ4n) is 1.84. The van der Waals surface area contributed by atoms with Crippen LogP contribution >= 0.6 is 0 Å². The molecule has 0 aromatic heterocycles. The Kier molecular flexibility index (Phi) is 2.31. The molecule has 0 radical (unpaired) electrons. The first-order chi connectivity index (χ1) is 7.46. The number of rotatable bonds is 3. The van der Waals surface area contributed by atoms with Crippen LogP contribution in [0.1, 0.15) is 12.0 Å². The summed E-state index contributed by atoms with van der Waals surface area (Å²) >= 11 is 0. The first kappa shape index (κ1) is 11.1. The average Bonchev–Trinajstić information content (AvgIpc) is 2.78. The maximum absolute atomic E-state index is 13.2. The average molecular weight is 229 g/mol. The SMILES string of the molecule is COc1cccc(C2(N)CC2(F)F)c1OC. The van der Waals surface area contributed by atoms with Gasteiger partial charge < -0.3 is 15.2 Å². The maximum atomic E-state index is 13.2. The number of nitrogens with two attached hydrogens (primary N) is 1. The molecule has 3 nitrogen and oxygen atoms in total. The molecule has 1 aliphatic carbocycles. The van der Waals surface area contributed by atoms with Crippen molar-refractivity contribution in [3.8, 4) is 11.5 Å². The Labute approximate surface area is 92.1 Å². The van der Waals surface area contributed by atoms with Gasteiger partial charge in [0.05, 0.1) is 14.2 Å². The highest BCUT2D eigenvalue weighted by Gasteiger charge is 2.71. The van der Waals surface area contributed by atoms with E-state index < -0.39 is 11.5 Å². The van der Waals surface area contributed by atoms with Crippen LogP contribution in [0, 0.1) is 0 Å². The molecule has 1 saturated carbocycles. The summed E-state index contributed by atoms with van der Waals surface area (Å²) in [5.74, 6) is -2.18. The van der Waals surface area contributed by atoms with Gasteiger partial charge in [-0.05, 0) is 6.07 Å². The molecule has 16 heavy (non-hydrogen) atoms. The van der Waals surface area contributed by atoms with Gasteiger partial charge in [0.15, 0.2) is 11.5 Å². The summed E-state index contributed by atoms with van der Waals surface area (Å²) in [6.45, 7) is 0. The highest BCUT2D eigenvalue weighted by atomic mass is 19.3. The lowest BCUT2D eigenvalue weighted by Crippen LogP contribution is -2.27. The number of alkyl halides is 2. The Morgan fingerprint density at radius 3 is 2.31 bits per heavy atom. The zero-order valence-corrected chi connectivity index (χ0v) is 9.09. The summed E-state index contributed by atoms with van der Waals surface area (Å²) in [7, 11) is 2.86. The molecular formula is C11H13F2NO2. The van der Waals surface area contributed by atoms with Crippen LogP contribution in [-0.2, 0) is 5.54 Å². The third kappa shape index (κ3) is 1.35. The summed E-state index contributed by atoms with van der Waals surface area (Å²) in [6.07, 6.45) is -0.358. The summed E-state index contributed by atoms with van der Waals surface area (Å²) in [4.78, 5) is 0. The van der Waals surface area contributed by atoms with Crippen LogP contribution in [0.4, 0.5) is 8.78 Å². The number of para-hydroxylation sites is 1. The van der Waals surface area contributed by atoms with Gasteiger partial charge in [0, 0.05) is 12.0 Å². The van der Waals surface area contributed by atoms with E-state index in [1.54, 1.807) is 18.2 Å². The van der Waals surface area contributed by atoms with Crippen molar-refractivity contribution in [2.75, 3.05) is 14.2 Å². The number of halogens is 2. The maximum Gasteiger partial charge on any atom is 0.272 e. The molecule has 0 amide bonds. The molecule has 1 fully saturated rings. The van der Waals surface area contributed by atoms with Crippen molar-refractivity contribution in [3.63, 3.8) is 0 Å². The Morgan fingerprint density at radius 2 is 1.88 bits per heavy atom. The second-order valence-corrected chi connectivity index (χ2v) is 3.89. The summed E-state index contributed by atoms with van der Waals surface area (Å²) < 4.78 is 36.5. The molecule has 0 heterocycles. The van der Waals surface area contributed by atoms with Crippen molar-refractivity contribution in [2.24, 2.45) is 5.73 Å². The van der Waals surface area contributed by atoms with Crippen LogP contribution in [-0.4, -0.2) is 20.1 Å². The molecule has 1 aromatic rings. The second-order valence-electron chi connectivity index (χ2n) is 3.89. The minimum atomic E-state index is -2.87. The van der Waals surface area contributed by atoms with Crippen LogP contribution in [0.25, 0.3) is 0 Å². The van der Waals surface area contributed by atoms with Gasteiger partial charge in [-0.2, -0.15) is 0 Å². The van der Waals surface area contributed by atoms with Gasteiger partial charge >= 0.3 is 0 Å². The molecule has 0 spiro atoms. The summed E-state index contributed by atoms with van der Waals surface area (Å²) in [5.41, 5.74) is 4.33. The van der Waals surface area contributed by atoms with E-state index in [-0.39, 0.29) is 12.2 Å². The normalized spacial score (nSPS) is 26.3. The third-order valence-electron chi connectivity index (χ3n) is 2.91. The largest absolute Gasteiger partial charge is 0.493 e. The first-order valence-corrected chi connectivity index (χ1v) is 4.84. The summed E-state index contributed by atoms with van der Waals surface area (Å²) in [6, 6.07) is 4.81. The Morgan fingerprint density at radius 1 is 1.25 bits per heavy atom. The molecule has 0 bridgehead atoms. The van der Waals surface area contributed by atoms with Gasteiger partial charge in [-0.25, -0.2) is 8.78 Å². The molecule has 1 atom stereocenters. The fraction of sp³-hybridized carbons (Fsp3) is 0.455. The van der Waals surface area contributed by atoms with E-state index in [4.69, 9.17) is 15.2 Å². The van der Waals surface area contributed by atoms with E-state index in [0.29, 0.717) is 11.3 Å². The van der Waals surface area contributed by atoms with E-state index in [9.17, 15) is 8.78 Å². The number of methoxy groups -OCH3 is 2. The van der Waals surface area contributed by atoms with Gasteiger partial charge in [-0.1, -0.05) is 12.1 Å². The molecular weight excluding hydrogens is 216 g/mol. The van der Waals surface area contributed by atoms with E-state index in [1.807, 2.05) is 0 Å². The van der Waals surface area contributed by atoms with Crippen molar-refractivity contribution in [1.29, 1.82) is 0 Å². The molecule has 2 N–H and O–H groups in total. The predicted molar refractivity (Wildman–Crippen MR) is 55.0 cm³/mol. The van der Waals surface area contributed by atoms with Crippen LogP contribution in [0.15, 0.2) is 18.2 Å². The van der Waals surface area contributed by atoms with Gasteiger partial charge in [-0.15, -0.1) is 0 Å². The van der Waals surface area contributed by atoms with Crippen molar-refractivity contribution < 1.29 is 18.3 Å². The summed E-state index contributed by atoms with van der Waals surface area (Å²) in [5, 5.41) is 0. The molecule has 5 heteroatoms. The van der Waals surface area contributed by atoms with Crippen LogP contribution in [0.3, 0.4) is 0 Å². The Hall–Kier alpha value is -1.36. The van der Waals surface area contributed by atoms with Crippen molar-refractivity contribution in [1.82, 2.24) is 0 Å². The zero-order chi connectivity index (χ0) is 12.0. The van der Waals surface area contributed by atoms with E-state index in [2.05, 4.69) is 0 Å². The Balaban J connectivity index is 2.50. The lowest BCUT2D eigenvalue weighted by molar-refractivity contribution is 0.0883. The van der Waals surface area contributed by atoms with Gasteiger partial charge in [0.25, 0.3) is 5.92 Å². The highest BCUT2D eigenvalue weighted by molar-refractivity contribution is 5.53. The quantitative estimate of drug-likeness (QED) is 0.860. The Bertz CT molecular complexity index is 422. The van der Waals surface area contributed by atoms with E-state index >= 15 is 0 Å². The molecule has 0 saturated heterocycles. The predicted octanol–water partition coefficient (Wildman–Crippen LogP) is 1.90. The van der Waals surface area contributed by atoms with Crippen molar-refractivity contribution >= 4 is 0 Å². The standard InChI is InChI=1S/C11H13F2NO2/c1-15-8-5-3-4-7(9(8)16-2)10(14)6-11(10,12)13/h3-5H,6,14H2,1-2H3. The highest BCUT2D eigenvalue weighted by Crippen LogP contribution is 2.60. The number of hydrogen-bond acceptors (Lipinski definition) is 3. The minimum Gasteiger partial charge on any atom is -0.493 e. The van der Waals surface area contributed by atoms with Gasteiger partial charge in [0.1, 0.15) is 5.54 Å². The monoisotopic (exact) mass is 229 g/mol. The fourth-order valence-corrected chi connectivity index (χ4v) is 1.84. The number of benzene rings is 1. The molecule has 0 aliphatic heterocycles. The first-order valence-electron chi connectivity index (χ1n) is 4.84. The molecule has 1 aliphatic rings. The second kappa shape index (κ2) is 3.31. The lowest BCUT2D eigenvalue weighted by atomic mass is 10.0. The van der Waals surface area contributed by atoms with Crippen molar-refractivity contribution in [3.05, 3.63) is 23.8 Å². The topological polar surface area (TPSA) is 44.5 Å². The zero-order valence-electron chi connectivity index (χ0n) is 9.09. The third-order valence-corrected chi connectivity index (χ3v) is 2.91. The van der Waals surface area contributed by atoms with Crippen LogP contribution in [0.5, 0.6) is 11.5 Å². The molecule has 1 aromatic carbocycles. The van der Waals surface area contributed by atoms with Crippen LogP contribution in [0.2, 0.25) is 0 Å². The number of ether oxygens (including phenoxy) is 2. The van der Waals surface area contributed by atoms with E-state index in [1.165, 1.54) is 14.2 Å². The lowest BCUT2D eigenvalue weighted by Gasteiger charge is -2.17. The minimum absolute atomic E-state index is 0.282. The molecule has 2 rings (SSSR count). The molecule has 88 valence electrons. The smallest absolute Gasteiger partial charge is 0.272 e. The van der Waals surface area contributed by atoms with Gasteiger partial charge in [-0.3, -0.25) is 0 Å².